The summed E-state index contributed by atoms with van der Waals surface area (Å²) < 4.78 is 46.9. The van der Waals surface area contributed by atoms with Gasteiger partial charge in [-0.15, -0.1) is 0 Å². The highest BCUT2D eigenvalue weighted by Crippen LogP contribution is 2.35. The number of nitrogens with zero attached hydrogens (tertiary/aromatic N) is 2. The molecule has 0 amide bonds. The highest BCUT2D eigenvalue weighted by molar-refractivity contribution is 6.32. The van der Waals surface area contributed by atoms with Crippen LogP contribution in [0.5, 0.6) is 0 Å². The number of ether oxygens (including phenoxy) is 1. The molecular formula is C22H19ClF3N3O2. The Hall–Kier alpha value is -2.84. The monoisotopic (exact) mass is 449 g/mol. The van der Waals surface area contributed by atoms with Crippen molar-refractivity contribution in [3.8, 4) is 5.69 Å². The maximum atomic E-state index is 14.1. The molecule has 5 nitrogen and oxygen atoms in total. The second-order valence-corrected chi connectivity index (χ2v) is 7.82. The van der Waals surface area contributed by atoms with E-state index in [-0.39, 0.29) is 21.9 Å². The van der Waals surface area contributed by atoms with Crippen molar-refractivity contribution in [3.63, 3.8) is 0 Å². The van der Waals surface area contributed by atoms with Crippen LogP contribution in [0.2, 0.25) is 5.02 Å². The average Bonchev–Trinajstić information content (AvgIpc) is 2.76. The molecule has 9 heteroatoms. The molecule has 3 aromatic rings. The normalized spacial score (nSPS) is 15.6. The van der Waals surface area contributed by atoms with Gasteiger partial charge in [-0.25, -0.2) is 13.2 Å². The summed E-state index contributed by atoms with van der Waals surface area (Å²) in [6.07, 6.45) is 2.73. The van der Waals surface area contributed by atoms with E-state index in [9.17, 15) is 18.0 Å². The maximum absolute atomic E-state index is 14.1. The molecule has 1 aliphatic rings. The third-order valence-corrected chi connectivity index (χ3v) is 5.95. The van der Waals surface area contributed by atoms with E-state index in [0.29, 0.717) is 44.4 Å². The lowest BCUT2D eigenvalue weighted by Crippen LogP contribution is -2.40. The van der Waals surface area contributed by atoms with Crippen LogP contribution < -0.4 is 10.9 Å². The van der Waals surface area contributed by atoms with Crippen LogP contribution in [0.1, 0.15) is 18.4 Å². The standard InChI is InChI=1S/C22H19ClF3N3O2/c23-20-18(12-28-29(21(20)30)19-6-5-16(25)11-17(19)26)27-13-22(7-9-31-10-8-22)14-1-3-15(24)4-2-14/h1-6,11-12,27H,7-10,13H2. The van der Waals surface area contributed by atoms with Crippen molar-refractivity contribution in [1.82, 2.24) is 9.78 Å². The minimum Gasteiger partial charge on any atom is -0.381 e. The lowest BCUT2D eigenvalue weighted by molar-refractivity contribution is 0.0543. The molecule has 1 aliphatic heterocycles. The summed E-state index contributed by atoms with van der Waals surface area (Å²) in [5.41, 5.74) is -0.0336. The van der Waals surface area contributed by atoms with Crippen LogP contribution in [-0.2, 0) is 10.2 Å². The number of rotatable bonds is 5. The van der Waals surface area contributed by atoms with Gasteiger partial charge in [-0.1, -0.05) is 23.7 Å². The Morgan fingerprint density at radius 2 is 1.74 bits per heavy atom. The first-order valence-electron chi connectivity index (χ1n) is 9.71. The zero-order chi connectivity index (χ0) is 22.0. The van der Waals surface area contributed by atoms with E-state index in [4.69, 9.17) is 16.3 Å². The predicted molar refractivity (Wildman–Crippen MR) is 111 cm³/mol. The fraction of sp³-hybridized carbons (Fsp3) is 0.273. The van der Waals surface area contributed by atoms with Gasteiger partial charge in [0.2, 0.25) is 0 Å². The lowest BCUT2D eigenvalue weighted by Gasteiger charge is -2.38. The summed E-state index contributed by atoms with van der Waals surface area (Å²) in [6, 6.07) is 9.15. The first-order valence-corrected chi connectivity index (χ1v) is 10.1. The molecule has 1 saturated heterocycles. The highest BCUT2D eigenvalue weighted by Gasteiger charge is 2.34. The second-order valence-electron chi connectivity index (χ2n) is 7.44. The zero-order valence-electron chi connectivity index (χ0n) is 16.4. The van der Waals surface area contributed by atoms with Crippen molar-refractivity contribution in [3.05, 3.63) is 87.1 Å². The van der Waals surface area contributed by atoms with Gasteiger partial charge in [-0.3, -0.25) is 4.79 Å². The van der Waals surface area contributed by atoms with E-state index < -0.39 is 17.2 Å². The Kier molecular flexibility index (Phi) is 6.02. The van der Waals surface area contributed by atoms with Gasteiger partial charge in [0, 0.05) is 31.2 Å². The smallest absolute Gasteiger partial charge is 0.292 e. The van der Waals surface area contributed by atoms with Crippen molar-refractivity contribution < 1.29 is 17.9 Å². The molecule has 162 valence electrons. The summed E-state index contributed by atoms with van der Waals surface area (Å²) in [5.74, 6) is -2.01. The topological polar surface area (TPSA) is 56.1 Å². The third-order valence-electron chi connectivity index (χ3n) is 5.58. The average molecular weight is 450 g/mol. The molecule has 1 aromatic heterocycles. The van der Waals surface area contributed by atoms with Crippen molar-refractivity contribution in [2.24, 2.45) is 0 Å². The van der Waals surface area contributed by atoms with Crippen LogP contribution >= 0.6 is 11.6 Å². The molecule has 1 N–H and O–H groups in total. The number of hydrogen-bond donors (Lipinski definition) is 1. The Morgan fingerprint density at radius 1 is 1.06 bits per heavy atom. The molecule has 0 spiro atoms. The largest absolute Gasteiger partial charge is 0.381 e. The van der Waals surface area contributed by atoms with Crippen LogP contribution in [0.3, 0.4) is 0 Å². The van der Waals surface area contributed by atoms with Gasteiger partial charge in [0.05, 0.1) is 11.9 Å². The molecule has 2 aromatic carbocycles. The highest BCUT2D eigenvalue weighted by atomic mass is 35.5. The molecule has 0 aliphatic carbocycles. The van der Waals surface area contributed by atoms with Crippen LogP contribution in [-0.4, -0.2) is 29.5 Å². The minimum atomic E-state index is -0.927. The molecule has 1 fully saturated rings. The third kappa shape index (κ3) is 4.31. The van der Waals surface area contributed by atoms with Crippen molar-refractivity contribution in [1.29, 1.82) is 0 Å². The fourth-order valence-corrected chi connectivity index (χ4v) is 3.97. The molecule has 0 radical (unpaired) electrons. The van der Waals surface area contributed by atoms with Crippen molar-refractivity contribution >= 4 is 17.3 Å². The molecule has 4 rings (SSSR count). The summed E-state index contributed by atoms with van der Waals surface area (Å²) >= 11 is 6.26. The molecule has 0 bridgehead atoms. The summed E-state index contributed by atoms with van der Waals surface area (Å²) in [6.45, 7) is 1.52. The van der Waals surface area contributed by atoms with Gasteiger partial charge in [0.25, 0.3) is 5.56 Å². The minimum absolute atomic E-state index is 0.167. The van der Waals surface area contributed by atoms with E-state index in [1.807, 2.05) is 0 Å². The Bertz CT molecular complexity index is 1150. The van der Waals surface area contributed by atoms with E-state index in [1.54, 1.807) is 12.1 Å². The summed E-state index contributed by atoms with van der Waals surface area (Å²) in [5, 5.41) is 6.99. The number of aromatic nitrogens is 2. The van der Waals surface area contributed by atoms with Gasteiger partial charge in [-0.05, 0) is 42.7 Å². The molecule has 2 heterocycles. The number of halogens is 4. The molecular weight excluding hydrogens is 431 g/mol. The Morgan fingerprint density at radius 3 is 2.42 bits per heavy atom. The fourth-order valence-electron chi connectivity index (χ4n) is 3.78. The SMILES string of the molecule is O=c1c(Cl)c(NCC2(c3ccc(F)cc3)CCOCC2)cnn1-c1ccc(F)cc1F. The number of benzene rings is 2. The second kappa shape index (κ2) is 8.72. The number of anilines is 1. The number of nitrogens with one attached hydrogen (secondary N) is 1. The van der Waals surface area contributed by atoms with Gasteiger partial charge in [0.1, 0.15) is 22.3 Å². The first-order chi connectivity index (χ1) is 14.9. The van der Waals surface area contributed by atoms with Gasteiger partial charge < -0.3 is 10.1 Å². The van der Waals surface area contributed by atoms with Gasteiger partial charge in [-0.2, -0.15) is 9.78 Å². The van der Waals surface area contributed by atoms with Crippen LogP contribution in [0.4, 0.5) is 18.9 Å². The quantitative estimate of drug-likeness (QED) is 0.624. The van der Waals surface area contributed by atoms with E-state index in [2.05, 4.69) is 10.4 Å². The number of hydrogen-bond acceptors (Lipinski definition) is 4. The van der Waals surface area contributed by atoms with Crippen LogP contribution in [0.25, 0.3) is 5.69 Å². The lowest BCUT2D eigenvalue weighted by atomic mass is 9.74. The van der Waals surface area contributed by atoms with Crippen LogP contribution in [0, 0.1) is 17.5 Å². The predicted octanol–water partition coefficient (Wildman–Crippen LogP) is 4.46. The Balaban J connectivity index is 1.62. The van der Waals surface area contributed by atoms with Crippen molar-refractivity contribution in [2.45, 2.75) is 18.3 Å². The van der Waals surface area contributed by atoms with Gasteiger partial charge >= 0.3 is 0 Å². The van der Waals surface area contributed by atoms with Crippen LogP contribution in [0.15, 0.2) is 53.5 Å². The maximum Gasteiger partial charge on any atom is 0.292 e. The first kappa shape index (κ1) is 21.4. The van der Waals surface area contributed by atoms with E-state index in [1.165, 1.54) is 18.3 Å². The van der Waals surface area contributed by atoms with Crippen molar-refractivity contribution in [2.75, 3.05) is 25.1 Å². The van der Waals surface area contributed by atoms with E-state index >= 15 is 0 Å². The van der Waals surface area contributed by atoms with Gasteiger partial charge in [0.15, 0.2) is 5.82 Å². The molecule has 31 heavy (non-hydrogen) atoms. The molecule has 0 unspecified atom stereocenters. The summed E-state index contributed by atoms with van der Waals surface area (Å²) in [4.78, 5) is 12.7. The zero-order valence-corrected chi connectivity index (χ0v) is 17.1. The van der Waals surface area contributed by atoms with E-state index in [0.717, 1.165) is 22.4 Å². The molecule has 0 saturated carbocycles. The molecule has 0 atom stereocenters. The Labute approximate surface area is 181 Å². The summed E-state index contributed by atoms with van der Waals surface area (Å²) in [7, 11) is 0.